The number of halogens is 2. The molecule has 70 valence electrons. The topological polar surface area (TPSA) is 40.5 Å². The van der Waals surface area contributed by atoms with Crippen LogP contribution in [0.15, 0.2) is 0 Å². The number of likely N-dealkylation sites (tertiary alicyclic amines) is 1. The van der Waals surface area contributed by atoms with E-state index < -0.39 is 18.4 Å². The van der Waals surface area contributed by atoms with E-state index in [1.54, 1.807) is 0 Å². The van der Waals surface area contributed by atoms with Crippen molar-refractivity contribution in [2.24, 2.45) is 5.92 Å². The lowest BCUT2D eigenvalue weighted by atomic mass is 9.98. The van der Waals surface area contributed by atoms with Gasteiger partial charge in [0, 0.05) is 19.0 Å². The van der Waals surface area contributed by atoms with E-state index in [-0.39, 0.29) is 25.9 Å². The summed E-state index contributed by atoms with van der Waals surface area (Å²) in [4.78, 5) is 11.5. The number of alkyl halides is 2. The molecular weight excluding hydrogens is 168 g/mol. The summed E-state index contributed by atoms with van der Waals surface area (Å²) in [5, 5.41) is 8.50. The van der Waals surface area contributed by atoms with Crippen LogP contribution in [0.1, 0.15) is 12.8 Å². The number of amides is 1. The third-order valence-corrected chi connectivity index (χ3v) is 2.17. The van der Waals surface area contributed by atoms with Gasteiger partial charge in [0.05, 0.1) is 0 Å². The number of hydrogen-bond donors (Lipinski definition) is 1. The van der Waals surface area contributed by atoms with Crippen molar-refractivity contribution in [3.8, 4) is 0 Å². The van der Waals surface area contributed by atoms with Crippen molar-refractivity contribution >= 4 is 6.09 Å². The molecule has 5 heteroatoms. The minimum atomic E-state index is -2.30. The van der Waals surface area contributed by atoms with Crippen molar-refractivity contribution in [3.05, 3.63) is 0 Å². The highest BCUT2D eigenvalue weighted by Crippen LogP contribution is 2.23. The molecule has 0 aromatic rings. The molecule has 0 aliphatic carbocycles. The van der Waals surface area contributed by atoms with Gasteiger partial charge in [0.25, 0.3) is 0 Å². The molecule has 1 fully saturated rings. The summed E-state index contributed by atoms with van der Waals surface area (Å²) in [5.41, 5.74) is 0. The fourth-order valence-corrected chi connectivity index (χ4v) is 1.34. The van der Waals surface area contributed by atoms with E-state index in [4.69, 9.17) is 5.11 Å². The van der Waals surface area contributed by atoms with Gasteiger partial charge in [0.2, 0.25) is 6.43 Å². The van der Waals surface area contributed by atoms with Crippen molar-refractivity contribution in [2.45, 2.75) is 19.3 Å². The SMILES string of the molecule is O=C(O)N1CCC(C(F)F)CC1. The molecule has 1 aliphatic rings. The first kappa shape index (κ1) is 9.22. The minimum Gasteiger partial charge on any atom is -0.465 e. The Labute approximate surface area is 69.0 Å². The van der Waals surface area contributed by atoms with Crippen LogP contribution in [-0.4, -0.2) is 35.6 Å². The van der Waals surface area contributed by atoms with E-state index in [9.17, 15) is 13.6 Å². The smallest absolute Gasteiger partial charge is 0.407 e. The van der Waals surface area contributed by atoms with Crippen molar-refractivity contribution in [1.29, 1.82) is 0 Å². The molecule has 0 saturated carbocycles. The number of nitrogens with zero attached hydrogens (tertiary/aromatic N) is 1. The van der Waals surface area contributed by atoms with Crippen LogP contribution in [0.25, 0.3) is 0 Å². The largest absolute Gasteiger partial charge is 0.465 e. The first-order valence-corrected chi connectivity index (χ1v) is 3.87. The van der Waals surface area contributed by atoms with Gasteiger partial charge in [0.1, 0.15) is 0 Å². The Kier molecular flexibility index (Phi) is 2.83. The molecule has 1 rings (SSSR count). The van der Waals surface area contributed by atoms with E-state index in [2.05, 4.69) is 0 Å². The first-order valence-electron chi connectivity index (χ1n) is 3.87. The van der Waals surface area contributed by atoms with Gasteiger partial charge in [-0.1, -0.05) is 0 Å². The molecule has 0 aromatic carbocycles. The van der Waals surface area contributed by atoms with E-state index in [1.807, 2.05) is 0 Å². The molecule has 0 spiro atoms. The Morgan fingerprint density at radius 2 is 1.92 bits per heavy atom. The summed E-state index contributed by atoms with van der Waals surface area (Å²) < 4.78 is 24.2. The van der Waals surface area contributed by atoms with Crippen molar-refractivity contribution in [2.75, 3.05) is 13.1 Å². The molecule has 0 bridgehead atoms. The van der Waals surface area contributed by atoms with Gasteiger partial charge < -0.3 is 10.0 Å². The maximum absolute atomic E-state index is 12.1. The number of hydrogen-bond acceptors (Lipinski definition) is 1. The standard InChI is InChI=1S/C7H11F2NO2/c8-6(9)5-1-3-10(4-2-5)7(11)12/h5-6H,1-4H2,(H,11,12). The Balaban J connectivity index is 2.34. The van der Waals surface area contributed by atoms with Crippen LogP contribution in [0.2, 0.25) is 0 Å². The van der Waals surface area contributed by atoms with E-state index in [0.717, 1.165) is 0 Å². The quantitative estimate of drug-likeness (QED) is 0.664. The minimum absolute atomic E-state index is 0.240. The molecule has 0 radical (unpaired) electrons. The lowest BCUT2D eigenvalue weighted by molar-refractivity contribution is 0.0359. The van der Waals surface area contributed by atoms with Crippen LogP contribution in [0.3, 0.4) is 0 Å². The maximum atomic E-state index is 12.1. The van der Waals surface area contributed by atoms with Gasteiger partial charge in [0.15, 0.2) is 0 Å². The number of rotatable bonds is 1. The van der Waals surface area contributed by atoms with Gasteiger partial charge in [-0.2, -0.15) is 0 Å². The molecule has 3 nitrogen and oxygen atoms in total. The Morgan fingerprint density at radius 1 is 1.42 bits per heavy atom. The lowest BCUT2D eigenvalue weighted by Crippen LogP contribution is -2.39. The molecule has 12 heavy (non-hydrogen) atoms. The molecular formula is C7H11F2NO2. The maximum Gasteiger partial charge on any atom is 0.407 e. The predicted molar refractivity (Wildman–Crippen MR) is 38.3 cm³/mol. The number of carbonyl (C=O) groups is 1. The average molecular weight is 179 g/mol. The number of piperidine rings is 1. The zero-order valence-corrected chi connectivity index (χ0v) is 6.54. The molecule has 1 N–H and O–H groups in total. The summed E-state index contributed by atoms with van der Waals surface area (Å²) in [6.07, 6.45) is -2.75. The second kappa shape index (κ2) is 3.69. The highest BCUT2D eigenvalue weighted by Gasteiger charge is 2.27. The van der Waals surface area contributed by atoms with Crippen LogP contribution in [0.5, 0.6) is 0 Å². The fourth-order valence-electron chi connectivity index (χ4n) is 1.34. The van der Waals surface area contributed by atoms with Crippen LogP contribution in [0, 0.1) is 5.92 Å². The summed E-state index contributed by atoms with van der Waals surface area (Å²) in [6, 6.07) is 0. The Hall–Kier alpha value is -0.870. The first-order chi connectivity index (χ1) is 5.61. The number of carboxylic acid groups (broad SMARTS) is 1. The molecule has 0 unspecified atom stereocenters. The third kappa shape index (κ3) is 2.06. The van der Waals surface area contributed by atoms with Crippen molar-refractivity contribution < 1.29 is 18.7 Å². The van der Waals surface area contributed by atoms with E-state index in [0.29, 0.717) is 0 Å². The van der Waals surface area contributed by atoms with Crippen LogP contribution < -0.4 is 0 Å². The fraction of sp³-hybridized carbons (Fsp3) is 0.857. The second-order valence-electron chi connectivity index (χ2n) is 2.94. The van der Waals surface area contributed by atoms with E-state index in [1.165, 1.54) is 4.90 Å². The average Bonchev–Trinajstić information content (AvgIpc) is 2.04. The monoisotopic (exact) mass is 179 g/mol. The van der Waals surface area contributed by atoms with Crippen LogP contribution in [0.4, 0.5) is 13.6 Å². The highest BCUT2D eigenvalue weighted by atomic mass is 19.3. The summed E-state index contributed by atoms with van der Waals surface area (Å²) in [5.74, 6) is -0.611. The molecule has 1 saturated heterocycles. The second-order valence-corrected chi connectivity index (χ2v) is 2.94. The van der Waals surface area contributed by atoms with Gasteiger partial charge >= 0.3 is 6.09 Å². The van der Waals surface area contributed by atoms with Crippen LogP contribution in [-0.2, 0) is 0 Å². The lowest BCUT2D eigenvalue weighted by Gasteiger charge is -2.29. The molecule has 1 aliphatic heterocycles. The molecule has 0 aromatic heterocycles. The predicted octanol–water partition coefficient (Wildman–Crippen LogP) is 1.64. The van der Waals surface area contributed by atoms with Gasteiger partial charge in [-0.05, 0) is 12.8 Å². The van der Waals surface area contributed by atoms with E-state index >= 15 is 0 Å². The zero-order chi connectivity index (χ0) is 9.14. The molecule has 0 atom stereocenters. The normalized spacial score (nSPS) is 20.1. The van der Waals surface area contributed by atoms with Gasteiger partial charge in [-0.3, -0.25) is 0 Å². The summed E-state index contributed by atoms with van der Waals surface area (Å²) in [7, 11) is 0. The van der Waals surface area contributed by atoms with Crippen molar-refractivity contribution in [3.63, 3.8) is 0 Å². The van der Waals surface area contributed by atoms with Gasteiger partial charge in [-0.15, -0.1) is 0 Å². The zero-order valence-electron chi connectivity index (χ0n) is 6.54. The Bertz CT molecular complexity index is 167. The highest BCUT2D eigenvalue weighted by molar-refractivity contribution is 5.64. The molecule has 1 heterocycles. The summed E-state index contributed by atoms with van der Waals surface area (Å²) >= 11 is 0. The summed E-state index contributed by atoms with van der Waals surface area (Å²) in [6.45, 7) is 0.481. The van der Waals surface area contributed by atoms with Crippen molar-refractivity contribution in [1.82, 2.24) is 4.90 Å². The van der Waals surface area contributed by atoms with Crippen LogP contribution >= 0.6 is 0 Å². The Morgan fingerprint density at radius 3 is 2.25 bits per heavy atom. The third-order valence-electron chi connectivity index (χ3n) is 2.17. The molecule has 1 amide bonds. The van der Waals surface area contributed by atoms with Gasteiger partial charge in [-0.25, -0.2) is 13.6 Å².